The van der Waals surface area contributed by atoms with Crippen molar-refractivity contribution in [2.45, 2.75) is 46.3 Å². The molecule has 1 saturated heterocycles. The van der Waals surface area contributed by atoms with Crippen LogP contribution in [0.2, 0.25) is 0 Å². The Kier molecular flexibility index (Phi) is 5.46. The number of rotatable bonds is 3. The Morgan fingerprint density at radius 2 is 2.00 bits per heavy atom. The summed E-state index contributed by atoms with van der Waals surface area (Å²) in [6, 6.07) is 10.4. The summed E-state index contributed by atoms with van der Waals surface area (Å²) >= 11 is 0. The first-order valence-corrected chi connectivity index (χ1v) is 8.05. The van der Waals surface area contributed by atoms with Gasteiger partial charge in [-0.25, -0.2) is 4.79 Å². The zero-order valence-corrected chi connectivity index (χ0v) is 14.1. The zero-order valence-electron chi connectivity index (χ0n) is 14.1. The van der Waals surface area contributed by atoms with E-state index in [0.717, 1.165) is 6.42 Å². The molecule has 0 aromatic heterocycles. The summed E-state index contributed by atoms with van der Waals surface area (Å²) in [6.45, 7) is 10.3. The highest BCUT2D eigenvalue weighted by atomic mass is 16.5. The van der Waals surface area contributed by atoms with Gasteiger partial charge in [0.1, 0.15) is 0 Å². The first-order valence-electron chi connectivity index (χ1n) is 8.05. The van der Waals surface area contributed by atoms with E-state index in [0.29, 0.717) is 19.7 Å². The molecular weight excluding hydrogens is 276 g/mol. The number of urea groups is 1. The van der Waals surface area contributed by atoms with Gasteiger partial charge < -0.3 is 15.0 Å². The predicted octanol–water partition coefficient (Wildman–Crippen LogP) is 3.07. The van der Waals surface area contributed by atoms with Crippen molar-refractivity contribution in [3.8, 4) is 0 Å². The third-order valence-corrected chi connectivity index (χ3v) is 3.84. The van der Waals surface area contributed by atoms with Gasteiger partial charge >= 0.3 is 6.03 Å². The van der Waals surface area contributed by atoms with E-state index in [2.05, 4.69) is 38.2 Å². The molecule has 0 saturated carbocycles. The van der Waals surface area contributed by atoms with Crippen LogP contribution in [0.4, 0.5) is 4.79 Å². The monoisotopic (exact) mass is 304 g/mol. The van der Waals surface area contributed by atoms with Crippen LogP contribution in [0, 0.1) is 5.41 Å². The fourth-order valence-corrected chi connectivity index (χ4v) is 2.54. The smallest absolute Gasteiger partial charge is 0.317 e. The number of nitrogens with one attached hydrogen (secondary N) is 1. The minimum Gasteiger partial charge on any atom is -0.374 e. The van der Waals surface area contributed by atoms with Crippen molar-refractivity contribution in [1.29, 1.82) is 0 Å². The Labute approximate surface area is 133 Å². The maximum Gasteiger partial charge on any atom is 0.317 e. The highest BCUT2D eigenvalue weighted by Gasteiger charge is 2.30. The van der Waals surface area contributed by atoms with E-state index in [9.17, 15) is 4.79 Å². The van der Waals surface area contributed by atoms with E-state index in [4.69, 9.17) is 4.74 Å². The molecule has 0 aliphatic carbocycles. The second-order valence-corrected chi connectivity index (χ2v) is 7.37. The first-order chi connectivity index (χ1) is 10.3. The van der Waals surface area contributed by atoms with Gasteiger partial charge in [0.25, 0.3) is 0 Å². The molecule has 1 heterocycles. The summed E-state index contributed by atoms with van der Waals surface area (Å²) in [5.41, 5.74) is 1.34. The SMILES string of the molecule is CC1COC(Cc2ccccc2)CN1C(=O)NCC(C)(C)C. The molecule has 1 aromatic rings. The number of carbonyl (C=O) groups excluding carboxylic acids is 1. The van der Waals surface area contributed by atoms with Gasteiger partial charge in [-0.05, 0) is 17.9 Å². The van der Waals surface area contributed by atoms with Crippen molar-refractivity contribution in [2.24, 2.45) is 5.41 Å². The van der Waals surface area contributed by atoms with Crippen LogP contribution < -0.4 is 5.32 Å². The van der Waals surface area contributed by atoms with Gasteiger partial charge in [-0.3, -0.25) is 0 Å². The summed E-state index contributed by atoms with van der Waals surface area (Å²) in [5.74, 6) is 0. The maximum atomic E-state index is 12.4. The van der Waals surface area contributed by atoms with E-state index < -0.39 is 0 Å². The lowest BCUT2D eigenvalue weighted by Gasteiger charge is -2.38. The molecule has 1 fully saturated rings. The van der Waals surface area contributed by atoms with E-state index in [1.807, 2.05) is 30.0 Å². The Morgan fingerprint density at radius 1 is 1.32 bits per heavy atom. The fraction of sp³-hybridized carbons (Fsp3) is 0.611. The van der Waals surface area contributed by atoms with Crippen LogP contribution >= 0.6 is 0 Å². The van der Waals surface area contributed by atoms with Crippen LogP contribution in [0.15, 0.2) is 30.3 Å². The van der Waals surface area contributed by atoms with E-state index in [1.54, 1.807) is 0 Å². The number of carbonyl (C=O) groups is 1. The number of hydrogen-bond acceptors (Lipinski definition) is 2. The fourth-order valence-electron chi connectivity index (χ4n) is 2.54. The largest absolute Gasteiger partial charge is 0.374 e. The molecular formula is C18H28N2O2. The molecule has 1 aliphatic heterocycles. The molecule has 4 heteroatoms. The van der Waals surface area contributed by atoms with Gasteiger partial charge in [0.2, 0.25) is 0 Å². The summed E-state index contributed by atoms with van der Waals surface area (Å²) in [6.07, 6.45) is 0.912. The quantitative estimate of drug-likeness (QED) is 0.932. The molecule has 4 nitrogen and oxygen atoms in total. The third-order valence-electron chi connectivity index (χ3n) is 3.84. The standard InChI is InChI=1S/C18H28N2O2/c1-14-12-22-16(10-15-8-6-5-7-9-15)11-20(14)17(21)19-13-18(2,3)4/h5-9,14,16H,10-13H2,1-4H3,(H,19,21). The Balaban J connectivity index is 1.91. The number of benzene rings is 1. The second-order valence-electron chi connectivity index (χ2n) is 7.37. The summed E-state index contributed by atoms with van der Waals surface area (Å²) < 4.78 is 5.90. The highest BCUT2D eigenvalue weighted by molar-refractivity contribution is 5.74. The molecule has 1 aromatic carbocycles. The zero-order chi connectivity index (χ0) is 16.2. The second kappa shape index (κ2) is 7.14. The predicted molar refractivity (Wildman–Crippen MR) is 88.9 cm³/mol. The van der Waals surface area contributed by atoms with Crippen LogP contribution in [-0.2, 0) is 11.2 Å². The van der Waals surface area contributed by atoms with Gasteiger partial charge in [-0.15, -0.1) is 0 Å². The van der Waals surface area contributed by atoms with E-state index >= 15 is 0 Å². The Morgan fingerprint density at radius 3 is 2.64 bits per heavy atom. The van der Waals surface area contributed by atoms with Crippen LogP contribution in [-0.4, -0.2) is 42.8 Å². The molecule has 0 bridgehead atoms. The maximum absolute atomic E-state index is 12.4. The van der Waals surface area contributed by atoms with Crippen molar-refractivity contribution in [2.75, 3.05) is 19.7 Å². The van der Waals surface area contributed by atoms with Crippen molar-refractivity contribution in [1.82, 2.24) is 10.2 Å². The van der Waals surface area contributed by atoms with E-state index in [-0.39, 0.29) is 23.6 Å². The van der Waals surface area contributed by atoms with Crippen LogP contribution in [0.1, 0.15) is 33.3 Å². The molecule has 2 unspecified atom stereocenters. The van der Waals surface area contributed by atoms with Gasteiger partial charge in [0.15, 0.2) is 0 Å². The molecule has 2 rings (SSSR count). The molecule has 122 valence electrons. The molecule has 0 spiro atoms. The summed E-state index contributed by atoms with van der Waals surface area (Å²) in [7, 11) is 0. The van der Waals surface area contributed by atoms with Crippen molar-refractivity contribution >= 4 is 6.03 Å². The molecule has 0 radical (unpaired) electrons. The summed E-state index contributed by atoms with van der Waals surface area (Å²) in [4.78, 5) is 14.3. The average Bonchev–Trinajstić information content (AvgIpc) is 2.47. The van der Waals surface area contributed by atoms with Gasteiger partial charge in [0.05, 0.1) is 18.8 Å². The molecule has 2 atom stereocenters. The average molecular weight is 304 g/mol. The van der Waals surface area contributed by atoms with Crippen molar-refractivity contribution < 1.29 is 9.53 Å². The number of nitrogens with zero attached hydrogens (tertiary/aromatic N) is 1. The third kappa shape index (κ3) is 5.02. The van der Waals surface area contributed by atoms with Crippen LogP contribution in [0.3, 0.4) is 0 Å². The van der Waals surface area contributed by atoms with Crippen LogP contribution in [0.5, 0.6) is 0 Å². The topological polar surface area (TPSA) is 41.6 Å². The van der Waals surface area contributed by atoms with Crippen LogP contribution in [0.25, 0.3) is 0 Å². The normalized spacial score (nSPS) is 22.5. The Hall–Kier alpha value is -1.55. The van der Waals surface area contributed by atoms with Gasteiger partial charge in [-0.1, -0.05) is 51.1 Å². The lowest BCUT2D eigenvalue weighted by molar-refractivity contribution is -0.0405. The van der Waals surface area contributed by atoms with Gasteiger partial charge in [0, 0.05) is 19.5 Å². The van der Waals surface area contributed by atoms with Gasteiger partial charge in [-0.2, -0.15) is 0 Å². The molecule has 1 N–H and O–H groups in total. The van der Waals surface area contributed by atoms with Crippen molar-refractivity contribution in [3.63, 3.8) is 0 Å². The summed E-state index contributed by atoms with van der Waals surface area (Å²) in [5, 5.41) is 3.04. The van der Waals surface area contributed by atoms with Crippen molar-refractivity contribution in [3.05, 3.63) is 35.9 Å². The number of morpholine rings is 1. The first kappa shape index (κ1) is 16.8. The molecule has 2 amide bonds. The minimum atomic E-state index is 0.0174. The minimum absolute atomic E-state index is 0.0174. The number of hydrogen-bond donors (Lipinski definition) is 1. The number of amides is 2. The van der Waals surface area contributed by atoms with E-state index in [1.165, 1.54) is 5.56 Å². The highest BCUT2D eigenvalue weighted by Crippen LogP contribution is 2.17. The molecule has 22 heavy (non-hydrogen) atoms. The lowest BCUT2D eigenvalue weighted by Crippen LogP contribution is -2.55. The Bertz CT molecular complexity index is 482. The lowest BCUT2D eigenvalue weighted by atomic mass is 9.97. The number of ether oxygens (including phenoxy) is 1. The molecule has 1 aliphatic rings.